The lowest BCUT2D eigenvalue weighted by atomic mass is 10.1. The molecule has 0 heterocycles. The first-order chi connectivity index (χ1) is 7.59. The van der Waals surface area contributed by atoms with Crippen molar-refractivity contribution in [1.29, 1.82) is 0 Å². The molecule has 0 fully saturated rings. The molecule has 0 saturated heterocycles. The van der Waals surface area contributed by atoms with Gasteiger partial charge in [0.1, 0.15) is 12.4 Å². The van der Waals surface area contributed by atoms with Crippen LogP contribution < -0.4 is 0 Å². The molecule has 90 valence electrons. The van der Waals surface area contributed by atoms with Gasteiger partial charge in [0.15, 0.2) is 0 Å². The van der Waals surface area contributed by atoms with E-state index >= 15 is 0 Å². The summed E-state index contributed by atoms with van der Waals surface area (Å²) in [6, 6.07) is 6.04. The Kier molecular flexibility index (Phi) is 5.84. The summed E-state index contributed by atoms with van der Waals surface area (Å²) in [5, 5.41) is 0. The first-order valence-corrected chi connectivity index (χ1v) is 5.76. The average molecular weight is 297 g/mol. The van der Waals surface area contributed by atoms with Gasteiger partial charge >= 0.3 is 0 Å². The van der Waals surface area contributed by atoms with E-state index in [9.17, 15) is 13.2 Å². The van der Waals surface area contributed by atoms with Crippen LogP contribution in [0.1, 0.15) is 16.8 Å². The van der Waals surface area contributed by atoms with Crippen LogP contribution >= 0.6 is 15.9 Å². The fourth-order valence-corrected chi connectivity index (χ4v) is 1.69. The van der Waals surface area contributed by atoms with E-state index in [1.54, 1.807) is 12.1 Å². The Hall–Kier alpha value is -0.550. The van der Waals surface area contributed by atoms with E-state index in [1.807, 2.05) is 0 Å². The van der Waals surface area contributed by atoms with E-state index < -0.39 is 13.0 Å². The molecule has 0 aliphatic carbocycles. The summed E-state index contributed by atoms with van der Waals surface area (Å²) in [4.78, 5) is -0.00854. The predicted molar refractivity (Wildman–Crippen MR) is 59.5 cm³/mol. The normalized spacial score (nSPS) is 13.1. The van der Waals surface area contributed by atoms with Crippen LogP contribution in [0.5, 0.6) is 0 Å². The molecule has 5 heteroatoms. The molecule has 0 saturated carbocycles. The van der Waals surface area contributed by atoms with Crippen molar-refractivity contribution in [3.63, 3.8) is 0 Å². The lowest BCUT2D eigenvalue weighted by Crippen LogP contribution is -2.06. The Morgan fingerprint density at radius 2 is 1.81 bits per heavy atom. The van der Waals surface area contributed by atoms with Gasteiger partial charge in [-0.15, -0.1) is 0 Å². The van der Waals surface area contributed by atoms with Crippen molar-refractivity contribution in [2.24, 2.45) is 0 Å². The predicted octanol–water partition coefficient (Wildman–Crippen LogP) is 3.93. The standard InChI is InChI=1S/C11H12BrF3O/c12-10(5-6-16-7-11(14)15)8-1-3-9(13)4-2-8/h1-4,10-11H,5-7H2. The van der Waals surface area contributed by atoms with Crippen molar-refractivity contribution in [2.75, 3.05) is 13.2 Å². The molecule has 0 aromatic heterocycles. The molecule has 0 spiro atoms. The van der Waals surface area contributed by atoms with Gasteiger partial charge in [-0.2, -0.15) is 0 Å². The monoisotopic (exact) mass is 296 g/mol. The number of alkyl halides is 3. The molecule has 1 nitrogen and oxygen atoms in total. The van der Waals surface area contributed by atoms with E-state index in [4.69, 9.17) is 4.74 Å². The first kappa shape index (κ1) is 13.5. The Labute approximate surface area is 101 Å². The molecular weight excluding hydrogens is 285 g/mol. The van der Waals surface area contributed by atoms with E-state index in [2.05, 4.69) is 15.9 Å². The topological polar surface area (TPSA) is 9.23 Å². The summed E-state index contributed by atoms with van der Waals surface area (Å²) in [7, 11) is 0. The molecular formula is C11H12BrF3O. The number of ether oxygens (including phenoxy) is 1. The maximum Gasteiger partial charge on any atom is 0.261 e. The van der Waals surface area contributed by atoms with Gasteiger partial charge in [0.05, 0.1) is 0 Å². The fourth-order valence-electron chi connectivity index (χ4n) is 1.20. The molecule has 1 unspecified atom stereocenters. The molecule has 1 rings (SSSR count). The van der Waals surface area contributed by atoms with Gasteiger partial charge in [0.2, 0.25) is 0 Å². The van der Waals surface area contributed by atoms with Crippen molar-refractivity contribution in [1.82, 2.24) is 0 Å². The van der Waals surface area contributed by atoms with Gasteiger partial charge in [0.25, 0.3) is 6.43 Å². The molecule has 0 amide bonds. The van der Waals surface area contributed by atoms with Crippen LogP contribution in [-0.4, -0.2) is 19.6 Å². The maximum atomic E-state index is 12.6. The second-order valence-electron chi connectivity index (χ2n) is 3.27. The van der Waals surface area contributed by atoms with Crippen LogP contribution in [0, 0.1) is 5.82 Å². The minimum atomic E-state index is -2.43. The van der Waals surface area contributed by atoms with E-state index in [1.165, 1.54) is 12.1 Å². The van der Waals surface area contributed by atoms with Gasteiger partial charge in [-0.25, -0.2) is 13.2 Å². The second-order valence-corrected chi connectivity index (χ2v) is 4.38. The van der Waals surface area contributed by atoms with Crippen LogP contribution in [0.2, 0.25) is 0 Å². The summed E-state index contributed by atoms with van der Waals surface area (Å²) < 4.78 is 40.9. The molecule has 0 bridgehead atoms. The Morgan fingerprint density at radius 3 is 2.38 bits per heavy atom. The third kappa shape index (κ3) is 4.99. The zero-order valence-corrected chi connectivity index (χ0v) is 10.1. The van der Waals surface area contributed by atoms with Crippen molar-refractivity contribution < 1.29 is 17.9 Å². The minimum absolute atomic E-state index is 0.00854. The summed E-state index contributed by atoms with van der Waals surface area (Å²) in [6.07, 6.45) is -1.86. The van der Waals surface area contributed by atoms with Gasteiger partial charge in [-0.3, -0.25) is 0 Å². The van der Waals surface area contributed by atoms with Crippen LogP contribution in [0.15, 0.2) is 24.3 Å². The van der Waals surface area contributed by atoms with E-state index in [-0.39, 0.29) is 17.3 Å². The molecule has 0 aliphatic heterocycles. The van der Waals surface area contributed by atoms with Crippen LogP contribution in [0.4, 0.5) is 13.2 Å². The van der Waals surface area contributed by atoms with Crippen LogP contribution in [0.25, 0.3) is 0 Å². The lowest BCUT2D eigenvalue weighted by Gasteiger charge is -2.10. The minimum Gasteiger partial charge on any atom is -0.375 e. The summed E-state index contributed by atoms with van der Waals surface area (Å²) in [6.45, 7) is -0.291. The number of halogens is 4. The second kappa shape index (κ2) is 6.91. The Morgan fingerprint density at radius 1 is 1.19 bits per heavy atom. The van der Waals surface area contributed by atoms with E-state index in [0.717, 1.165) is 5.56 Å². The van der Waals surface area contributed by atoms with E-state index in [0.29, 0.717) is 6.42 Å². The van der Waals surface area contributed by atoms with Crippen molar-refractivity contribution in [3.8, 4) is 0 Å². The SMILES string of the molecule is Fc1ccc(C(Br)CCOCC(F)F)cc1. The smallest absolute Gasteiger partial charge is 0.261 e. The summed E-state index contributed by atoms with van der Waals surface area (Å²) in [5.74, 6) is -0.294. The largest absolute Gasteiger partial charge is 0.375 e. The van der Waals surface area contributed by atoms with Gasteiger partial charge < -0.3 is 4.74 Å². The molecule has 0 aliphatic rings. The third-order valence-corrected chi connectivity index (χ3v) is 2.98. The molecule has 0 radical (unpaired) electrons. The van der Waals surface area contributed by atoms with Gasteiger partial charge in [-0.1, -0.05) is 28.1 Å². The van der Waals surface area contributed by atoms with Crippen molar-refractivity contribution in [3.05, 3.63) is 35.6 Å². The number of benzene rings is 1. The zero-order valence-electron chi connectivity index (χ0n) is 8.51. The quantitative estimate of drug-likeness (QED) is 0.571. The van der Waals surface area contributed by atoms with Crippen LogP contribution in [-0.2, 0) is 4.74 Å². The summed E-state index contributed by atoms with van der Waals surface area (Å²) >= 11 is 3.39. The molecule has 1 atom stereocenters. The molecule has 1 aromatic rings. The average Bonchev–Trinajstić information content (AvgIpc) is 2.25. The Balaban J connectivity index is 2.29. The summed E-state index contributed by atoms with van der Waals surface area (Å²) in [5.41, 5.74) is 0.905. The number of hydrogen-bond donors (Lipinski definition) is 0. The third-order valence-electron chi connectivity index (χ3n) is 1.99. The number of rotatable bonds is 6. The highest BCUT2D eigenvalue weighted by Gasteiger charge is 2.08. The highest BCUT2D eigenvalue weighted by atomic mass is 79.9. The zero-order chi connectivity index (χ0) is 12.0. The van der Waals surface area contributed by atoms with Crippen molar-refractivity contribution >= 4 is 15.9 Å². The fraction of sp³-hybridized carbons (Fsp3) is 0.455. The number of hydrogen-bond acceptors (Lipinski definition) is 1. The lowest BCUT2D eigenvalue weighted by molar-refractivity contribution is 0.0167. The maximum absolute atomic E-state index is 12.6. The van der Waals surface area contributed by atoms with Crippen molar-refractivity contribution in [2.45, 2.75) is 17.7 Å². The Bertz CT molecular complexity index is 303. The molecule has 0 N–H and O–H groups in total. The van der Waals surface area contributed by atoms with Gasteiger partial charge in [-0.05, 0) is 24.1 Å². The highest BCUT2D eigenvalue weighted by Crippen LogP contribution is 2.26. The molecule has 1 aromatic carbocycles. The highest BCUT2D eigenvalue weighted by molar-refractivity contribution is 9.09. The van der Waals surface area contributed by atoms with Gasteiger partial charge in [0, 0.05) is 11.4 Å². The first-order valence-electron chi connectivity index (χ1n) is 4.85. The van der Waals surface area contributed by atoms with Crippen LogP contribution in [0.3, 0.4) is 0 Å². The molecule has 16 heavy (non-hydrogen) atoms.